The second-order valence-electron chi connectivity index (χ2n) is 5.95. The van der Waals surface area contributed by atoms with Gasteiger partial charge in [0.2, 0.25) is 5.91 Å². The number of carbonyl (C=O) groups is 2. The highest BCUT2D eigenvalue weighted by atomic mass is 16.2. The molecular weight excluding hydrogens is 288 g/mol. The van der Waals surface area contributed by atoms with Gasteiger partial charge in [-0.1, -0.05) is 30.3 Å². The van der Waals surface area contributed by atoms with Crippen LogP contribution >= 0.6 is 0 Å². The minimum Gasteiger partial charge on any atom is -0.346 e. The van der Waals surface area contributed by atoms with Crippen molar-refractivity contribution in [1.82, 2.24) is 5.32 Å². The van der Waals surface area contributed by atoms with Gasteiger partial charge >= 0.3 is 0 Å². The van der Waals surface area contributed by atoms with Crippen molar-refractivity contribution in [2.24, 2.45) is 5.92 Å². The van der Waals surface area contributed by atoms with Gasteiger partial charge in [-0.3, -0.25) is 9.59 Å². The van der Waals surface area contributed by atoms with E-state index in [1.54, 1.807) is 24.3 Å². The second-order valence-corrected chi connectivity index (χ2v) is 5.95. The maximum Gasteiger partial charge on any atom is 0.251 e. The van der Waals surface area contributed by atoms with Crippen molar-refractivity contribution in [2.45, 2.75) is 25.8 Å². The maximum atomic E-state index is 12.3. The number of rotatable bonds is 5. The van der Waals surface area contributed by atoms with E-state index in [1.807, 2.05) is 37.3 Å². The summed E-state index contributed by atoms with van der Waals surface area (Å²) in [5.74, 6) is 0.117. The molecule has 1 aliphatic carbocycles. The number of anilines is 1. The first-order valence-electron chi connectivity index (χ1n) is 7.90. The van der Waals surface area contributed by atoms with Crippen LogP contribution in [0.3, 0.4) is 0 Å². The lowest BCUT2D eigenvalue weighted by Gasteiger charge is -2.14. The van der Waals surface area contributed by atoms with Crippen LogP contribution in [0.2, 0.25) is 0 Å². The van der Waals surface area contributed by atoms with Gasteiger partial charge in [0.1, 0.15) is 0 Å². The van der Waals surface area contributed by atoms with E-state index >= 15 is 0 Å². The van der Waals surface area contributed by atoms with E-state index in [4.69, 9.17) is 0 Å². The summed E-state index contributed by atoms with van der Waals surface area (Å²) in [7, 11) is 0. The summed E-state index contributed by atoms with van der Waals surface area (Å²) in [4.78, 5) is 24.0. The number of amides is 2. The Morgan fingerprint density at radius 3 is 2.26 bits per heavy atom. The average Bonchev–Trinajstić information content (AvgIpc) is 3.41. The fourth-order valence-electron chi connectivity index (χ4n) is 2.40. The molecule has 0 aromatic heterocycles. The van der Waals surface area contributed by atoms with Gasteiger partial charge in [0, 0.05) is 17.2 Å². The molecule has 0 bridgehead atoms. The molecule has 1 atom stereocenters. The third-order valence-electron chi connectivity index (χ3n) is 4.01. The first-order valence-corrected chi connectivity index (χ1v) is 7.90. The minimum atomic E-state index is -0.124. The van der Waals surface area contributed by atoms with Crippen LogP contribution in [0.1, 0.15) is 41.7 Å². The van der Waals surface area contributed by atoms with Crippen molar-refractivity contribution >= 4 is 17.5 Å². The van der Waals surface area contributed by atoms with Gasteiger partial charge in [-0.2, -0.15) is 0 Å². The fourth-order valence-corrected chi connectivity index (χ4v) is 2.40. The molecule has 0 heterocycles. The zero-order chi connectivity index (χ0) is 16.2. The lowest BCUT2D eigenvalue weighted by Crippen LogP contribution is -2.26. The van der Waals surface area contributed by atoms with Crippen LogP contribution in [-0.4, -0.2) is 11.8 Å². The molecule has 1 fully saturated rings. The molecule has 2 aromatic rings. The van der Waals surface area contributed by atoms with Gasteiger partial charge < -0.3 is 10.6 Å². The zero-order valence-electron chi connectivity index (χ0n) is 13.1. The van der Waals surface area contributed by atoms with Crippen LogP contribution in [0.4, 0.5) is 5.69 Å². The Morgan fingerprint density at radius 1 is 1.00 bits per heavy atom. The predicted octanol–water partition coefficient (Wildman–Crippen LogP) is 3.53. The third kappa shape index (κ3) is 3.97. The van der Waals surface area contributed by atoms with E-state index < -0.39 is 0 Å². The Hall–Kier alpha value is -2.62. The Bertz CT molecular complexity index is 691. The molecule has 0 radical (unpaired) electrons. The minimum absolute atomic E-state index is 0.0575. The van der Waals surface area contributed by atoms with Gasteiger partial charge in [0.15, 0.2) is 0 Å². The molecule has 3 rings (SSSR count). The lowest BCUT2D eigenvalue weighted by molar-refractivity contribution is -0.117. The standard InChI is InChI=1S/C19H20N2O2/c1-13(14-5-3-2-4-6-14)20-18(22)16-9-11-17(12-10-16)21-19(23)15-7-8-15/h2-6,9-13,15H,7-8H2,1H3,(H,20,22)(H,21,23). The quantitative estimate of drug-likeness (QED) is 0.888. The van der Waals surface area contributed by atoms with Crippen LogP contribution < -0.4 is 10.6 Å². The number of nitrogens with one attached hydrogen (secondary N) is 2. The van der Waals surface area contributed by atoms with E-state index in [2.05, 4.69) is 10.6 Å². The molecule has 0 aliphatic heterocycles. The second kappa shape index (κ2) is 6.65. The molecule has 1 aliphatic rings. The third-order valence-corrected chi connectivity index (χ3v) is 4.01. The van der Waals surface area contributed by atoms with Crippen molar-refractivity contribution in [3.05, 3.63) is 65.7 Å². The highest BCUT2D eigenvalue weighted by molar-refractivity contribution is 5.96. The maximum absolute atomic E-state index is 12.3. The first kappa shape index (κ1) is 15.3. The molecule has 1 unspecified atom stereocenters. The summed E-state index contributed by atoms with van der Waals surface area (Å²) in [6.45, 7) is 1.96. The largest absolute Gasteiger partial charge is 0.346 e. The number of hydrogen-bond acceptors (Lipinski definition) is 2. The van der Waals surface area contributed by atoms with Crippen molar-refractivity contribution < 1.29 is 9.59 Å². The highest BCUT2D eigenvalue weighted by Gasteiger charge is 2.29. The van der Waals surface area contributed by atoms with Crippen LogP contribution in [0.15, 0.2) is 54.6 Å². The monoisotopic (exact) mass is 308 g/mol. The Morgan fingerprint density at radius 2 is 1.65 bits per heavy atom. The van der Waals surface area contributed by atoms with E-state index in [0.717, 1.165) is 24.1 Å². The molecule has 118 valence electrons. The normalized spacial score (nSPS) is 14.8. The zero-order valence-corrected chi connectivity index (χ0v) is 13.1. The molecular formula is C19H20N2O2. The van der Waals surface area contributed by atoms with Crippen molar-refractivity contribution in [3.63, 3.8) is 0 Å². The molecule has 23 heavy (non-hydrogen) atoms. The molecule has 0 saturated heterocycles. The van der Waals surface area contributed by atoms with Crippen LogP contribution in [0.5, 0.6) is 0 Å². The smallest absolute Gasteiger partial charge is 0.251 e. The lowest BCUT2D eigenvalue weighted by atomic mass is 10.1. The van der Waals surface area contributed by atoms with E-state index in [1.165, 1.54) is 0 Å². The number of carbonyl (C=O) groups excluding carboxylic acids is 2. The summed E-state index contributed by atoms with van der Waals surface area (Å²) in [5.41, 5.74) is 2.38. The van der Waals surface area contributed by atoms with E-state index in [-0.39, 0.29) is 23.8 Å². The molecule has 2 N–H and O–H groups in total. The van der Waals surface area contributed by atoms with Gasteiger partial charge in [-0.25, -0.2) is 0 Å². The molecule has 2 aromatic carbocycles. The average molecular weight is 308 g/mol. The number of hydrogen-bond donors (Lipinski definition) is 2. The van der Waals surface area contributed by atoms with Gasteiger partial charge in [0.05, 0.1) is 6.04 Å². The van der Waals surface area contributed by atoms with Crippen molar-refractivity contribution in [2.75, 3.05) is 5.32 Å². The Kier molecular flexibility index (Phi) is 4.42. The van der Waals surface area contributed by atoms with Crippen LogP contribution in [0, 0.1) is 5.92 Å². The fraction of sp³-hybridized carbons (Fsp3) is 0.263. The van der Waals surface area contributed by atoms with E-state index in [9.17, 15) is 9.59 Å². The van der Waals surface area contributed by atoms with Crippen LogP contribution in [-0.2, 0) is 4.79 Å². The van der Waals surface area contributed by atoms with Crippen molar-refractivity contribution in [3.8, 4) is 0 Å². The SMILES string of the molecule is CC(NC(=O)c1ccc(NC(=O)C2CC2)cc1)c1ccccc1. The topological polar surface area (TPSA) is 58.2 Å². The summed E-state index contributed by atoms with van der Waals surface area (Å²) in [6.07, 6.45) is 1.95. The summed E-state index contributed by atoms with van der Waals surface area (Å²) in [5, 5.41) is 5.84. The summed E-state index contributed by atoms with van der Waals surface area (Å²) in [6, 6.07) is 16.8. The van der Waals surface area contributed by atoms with Crippen molar-refractivity contribution in [1.29, 1.82) is 0 Å². The summed E-state index contributed by atoms with van der Waals surface area (Å²) >= 11 is 0. The molecule has 4 heteroatoms. The molecule has 4 nitrogen and oxygen atoms in total. The Labute approximate surface area is 135 Å². The molecule has 1 saturated carbocycles. The first-order chi connectivity index (χ1) is 11.1. The molecule has 2 amide bonds. The Balaban J connectivity index is 1.60. The van der Waals surface area contributed by atoms with Gasteiger partial charge in [-0.05, 0) is 49.6 Å². The van der Waals surface area contributed by atoms with E-state index in [0.29, 0.717) is 5.56 Å². The van der Waals surface area contributed by atoms with Gasteiger partial charge in [0.25, 0.3) is 5.91 Å². The highest BCUT2D eigenvalue weighted by Crippen LogP contribution is 2.30. The number of benzene rings is 2. The summed E-state index contributed by atoms with van der Waals surface area (Å²) < 4.78 is 0. The van der Waals surface area contributed by atoms with Crippen LogP contribution in [0.25, 0.3) is 0 Å². The molecule has 0 spiro atoms. The predicted molar refractivity (Wildman–Crippen MR) is 90.1 cm³/mol. The van der Waals surface area contributed by atoms with Gasteiger partial charge in [-0.15, -0.1) is 0 Å².